The molecule has 0 radical (unpaired) electrons. The zero-order valence-corrected chi connectivity index (χ0v) is 24.0. The summed E-state index contributed by atoms with van der Waals surface area (Å²) in [6.07, 6.45) is 2.16. The van der Waals surface area contributed by atoms with Crippen LogP contribution in [0, 0.1) is 5.92 Å². The van der Waals surface area contributed by atoms with E-state index in [-0.39, 0.29) is 29.1 Å². The Morgan fingerprint density at radius 2 is 1.90 bits per heavy atom. The van der Waals surface area contributed by atoms with Crippen LogP contribution < -0.4 is 21.5 Å². The average molecular weight is 587 g/mol. The van der Waals surface area contributed by atoms with Crippen molar-refractivity contribution in [1.82, 2.24) is 36.3 Å². The zero-order valence-electron chi connectivity index (χ0n) is 22.4. The second-order valence-electron chi connectivity index (χ2n) is 10.5. The third-order valence-corrected chi connectivity index (χ3v) is 8.65. The van der Waals surface area contributed by atoms with Gasteiger partial charge in [0.2, 0.25) is 11.7 Å². The molecule has 4 N–H and O–H groups in total. The first kappa shape index (κ1) is 28.0. The van der Waals surface area contributed by atoms with Crippen molar-refractivity contribution in [2.75, 3.05) is 27.7 Å². The van der Waals surface area contributed by atoms with Crippen LogP contribution in [0.4, 0.5) is 5.69 Å². The van der Waals surface area contributed by atoms with Crippen LogP contribution >= 0.6 is 22.9 Å². The molecule has 3 atom stereocenters. The Morgan fingerprint density at radius 1 is 1.12 bits per heavy atom. The number of carbonyl (C=O) groups is 4. The van der Waals surface area contributed by atoms with Gasteiger partial charge in [-0.25, -0.2) is 9.98 Å². The second-order valence-corrected chi connectivity index (χ2v) is 12.0. The first-order chi connectivity index (χ1) is 19.1. The van der Waals surface area contributed by atoms with Crippen LogP contribution in [-0.4, -0.2) is 84.0 Å². The second kappa shape index (κ2) is 11.5. The minimum absolute atomic E-state index is 0.0236. The largest absolute Gasteiger partial charge is 0.349 e. The van der Waals surface area contributed by atoms with Gasteiger partial charge < -0.3 is 20.4 Å². The summed E-state index contributed by atoms with van der Waals surface area (Å²) in [5.41, 5.74) is 6.50. The highest BCUT2D eigenvalue weighted by molar-refractivity contribution is 7.13. The number of nitrogens with one attached hydrogen (secondary N) is 4. The minimum atomic E-state index is -0.558. The Balaban J connectivity index is 1.34. The summed E-state index contributed by atoms with van der Waals surface area (Å²) in [7, 11) is 5.44. The molecule has 1 aromatic heterocycles. The number of hydrazine groups is 1. The van der Waals surface area contributed by atoms with E-state index in [0.717, 1.165) is 30.1 Å². The number of fused-ring (bicyclic) bond motifs is 2. The molecule has 2 aliphatic heterocycles. The Kier molecular flexibility index (Phi) is 8.06. The number of halogens is 1. The third kappa shape index (κ3) is 5.96. The highest BCUT2D eigenvalue weighted by atomic mass is 35.5. The van der Waals surface area contributed by atoms with Crippen LogP contribution in [0.5, 0.6) is 0 Å². The molecule has 40 heavy (non-hydrogen) atoms. The molecular weight excluding hydrogens is 556 g/mol. The van der Waals surface area contributed by atoms with E-state index in [4.69, 9.17) is 11.6 Å². The molecule has 14 heteroatoms. The molecular formula is C26H31ClN8O4S. The maximum Gasteiger partial charge on any atom is 0.288 e. The maximum absolute atomic E-state index is 13.3. The molecule has 0 saturated heterocycles. The number of benzene rings is 1. The molecule has 4 amide bonds. The van der Waals surface area contributed by atoms with Gasteiger partial charge in [-0.3, -0.25) is 30.0 Å². The Labute approximate surface area is 240 Å². The van der Waals surface area contributed by atoms with Gasteiger partial charge in [-0.05, 0) is 44.5 Å². The van der Waals surface area contributed by atoms with E-state index >= 15 is 0 Å². The fourth-order valence-electron chi connectivity index (χ4n) is 5.21. The van der Waals surface area contributed by atoms with Crippen LogP contribution in [0.2, 0.25) is 5.02 Å². The van der Waals surface area contributed by atoms with E-state index in [1.807, 2.05) is 7.05 Å². The predicted molar refractivity (Wildman–Crippen MR) is 151 cm³/mol. The summed E-state index contributed by atoms with van der Waals surface area (Å²) in [4.78, 5) is 65.6. The van der Waals surface area contributed by atoms with Gasteiger partial charge >= 0.3 is 0 Å². The van der Waals surface area contributed by atoms with Crippen molar-refractivity contribution in [3.8, 4) is 0 Å². The van der Waals surface area contributed by atoms with Crippen molar-refractivity contribution in [2.45, 2.75) is 44.3 Å². The predicted octanol–water partition coefficient (Wildman–Crippen LogP) is 1.23. The highest BCUT2D eigenvalue weighted by Gasteiger charge is 2.37. The number of thiazole rings is 1. The van der Waals surface area contributed by atoms with Gasteiger partial charge in [0.15, 0.2) is 5.01 Å². The third-order valence-electron chi connectivity index (χ3n) is 7.33. The van der Waals surface area contributed by atoms with Crippen LogP contribution in [0.3, 0.4) is 0 Å². The van der Waals surface area contributed by atoms with E-state index in [0.29, 0.717) is 35.0 Å². The van der Waals surface area contributed by atoms with Gasteiger partial charge in [0.05, 0.1) is 23.0 Å². The monoisotopic (exact) mass is 586 g/mol. The molecule has 1 aromatic carbocycles. The SMILES string of the molecule is CN1CCc2nc(C(=O)N[C@@H]3C[C@@H](C(=O)N(C)C)CC[C@@H]3NC(=O)C3=Nc4ccc(Cl)cc4C(=O)NN3)sc2C1. The molecule has 5 rings (SSSR count). The van der Waals surface area contributed by atoms with Gasteiger partial charge in [-0.1, -0.05) is 11.6 Å². The van der Waals surface area contributed by atoms with Crippen LogP contribution in [-0.2, 0) is 22.6 Å². The van der Waals surface area contributed by atoms with Crippen molar-refractivity contribution in [3.63, 3.8) is 0 Å². The van der Waals surface area contributed by atoms with E-state index < -0.39 is 23.9 Å². The summed E-state index contributed by atoms with van der Waals surface area (Å²) >= 11 is 7.40. The summed E-state index contributed by atoms with van der Waals surface area (Å²) in [5.74, 6) is -1.79. The molecule has 3 aliphatic rings. The number of nitrogens with zero attached hydrogens (tertiary/aromatic N) is 4. The first-order valence-corrected chi connectivity index (χ1v) is 14.2. The van der Waals surface area contributed by atoms with Crippen molar-refractivity contribution < 1.29 is 19.2 Å². The van der Waals surface area contributed by atoms with Gasteiger partial charge in [0.1, 0.15) is 0 Å². The lowest BCUT2D eigenvalue weighted by atomic mass is 9.81. The lowest BCUT2D eigenvalue weighted by Crippen LogP contribution is -2.58. The molecule has 3 heterocycles. The average Bonchev–Trinajstić information content (AvgIpc) is 3.27. The molecule has 0 spiro atoms. The number of carbonyl (C=O) groups excluding carboxylic acids is 4. The molecule has 2 aromatic rings. The smallest absolute Gasteiger partial charge is 0.288 e. The van der Waals surface area contributed by atoms with E-state index in [9.17, 15) is 19.2 Å². The highest BCUT2D eigenvalue weighted by Crippen LogP contribution is 2.29. The lowest BCUT2D eigenvalue weighted by molar-refractivity contribution is -0.134. The van der Waals surface area contributed by atoms with E-state index in [2.05, 4.69) is 36.4 Å². The Morgan fingerprint density at radius 3 is 2.67 bits per heavy atom. The van der Waals surface area contributed by atoms with Crippen molar-refractivity contribution >= 4 is 58.1 Å². The fourth-order valence-corrected chi connectivity index (χ4v) is 6.47. The minimum Gasteiger partial charge on any atom is -0.349 e. The number of amidine groups is 1. The van der Waals surface area contributed by atoms with Gasteiger partial charge in [-0.2, -0.15) is 0 Å². The summed E-state index contributed by atoms with van der Waals surface area (Å²) in [6, 6.07) is 3.62. The Bertz CT molecular complexity index is 1390. The summed E-state index contributed by atoms with van der Waals surface area (Å²) < 4.78 is 0. The fraction of sp³-hybridized carbons (Fsp3) is 0.462. The Hall–Kier alpha value is -3.55. The van der Waals surface area contributed by atoms with Gasteiger partial charge in [0.25, 0.3) is 17.7 Å². The van der Waals surface area contributed by atoms with E-state index in [1.54, 1.807) is 31.1 Å². The molecule has 1 fully saturated rings. The summed E-state index contributed by atoms with van der Waals surface area (Å²) in [6.45, 7) is 1.64. The first-order valence-electron chi connectivity index (χ1n) is 13.0. The van der Waals surface area contributed by atoms with E-state index in [1.165, 1.54) is 17.4 Å². The summed E-state index contributed by atoms with van der Waals surface area (Å²) in [5, 5.41) is 6.74. The van der Waals surface area contributed by atoms with Crippen LogP contribution in [0.15, 0.2) is 23.2 Å². The van der Waals surface area contributed by atoms with Gasteiger partial charge in [-0.15, -0.1) is 11.3 Å². The van der Waals surface area contributed by atoms with Crippen molar-refractivity contribution in [1.29, 1.82) is 0 Å². The van der Waals surface area contributed by atoms with Crippen LogP contribution in [0.1, 0.15) is 50.0 Å². The number of amides is 4. The topological polar surface area (TPSA) is 148 Å². The standard InChI is InChI=1S/C26H31ClN8O4S/c1-34(2)26(39)13-4-6-17(19(10-13)30-24(38)25-31-18-8-9-35(3)12-20(18)40-25)29-23(37)21-28-16-7-5-14(27)11-15(16)22(36)33-32-21/h5,7,11,13,17,19H,4,6,8-10,12H2,1-3H3,(H,28,32)(H,29,37)(H,30,38)(H,33,36)/t13-,17-,19+/m0/s1. The molecule has 212 valence electrons. The maximum atomic E-state index is 13.3. The lowest BCUT2D eigenvalue weighted by Gasteiger charge is -2.37. The number of rotatable bonds is 5. The number of aliphatic imine (C=N–C) groups is 1. The number of aromatic nitrogens is 1. The zero-order chi connectivity index (χ0) is 28.6. The van der Waals surface area contributed by atoms with Crippen LogP contribution in [0.25, 0.3) is 0 Å². The molecule has 1 aliphatic carbocycles. The molecule has 0 unspecified atom stereocenters. The van der Waals surface area contributed by atoms with Gasteiger partial charge in [0, 0.05) is 55.5 Å². The molecule has 1 saturated carbocycles. The quantitative estimate of drug-likeness (QED) is 0.412. The van der Waals surface area contributed by atoms with Crippen molar-refractivity contribution in [2.24, 2.45) is 10.9 Å². The number of hydrogen-bond donors (Lipinski definition) is 4. The molecule has 12 nitrogen and oxygen atoms in total. The number of hydrogen-bond acceptors (Lipinski definition) is 9. The van der Waals surface area contributed by atoms with Crippen molar-refractivity contribution in [3.05, 3.63) is 44.4 Å². The normalized spacial score (nSPS) is 22.4. The number of likely N-dealkylation sites (N-methyl/N-ethyl adjacent to an activating group) is 1. The molecule has 0 bridgehead atoms.